The Labute approximate surface area is 150 Å². The molecule has 0 aliphatic carbocycles. The Morgan fingerprint density at radius 1 is 1.28 bits per heavy atom. The van der Waals surface area contributed by atoms with Gasteiger partial charge in [0, 0.05) is 32.1 Å². The van der Waals surface area contributed by atoms with Crippen LogP contribution in [-0.4, -0.2) is 47.8 Å². The molecule has 1 aliphatic heterocycles. The summed E-state index contributed by atoms with van der Waals surface area (Å²) in [6.07, 6.45) is -0.926. The lowest BCUT2D eigenvalue weighted by Crippen LogP contribution is -2.33. The highest BCUT2D eigenvalue weighted by molar-refractivity contribution is 6.35. The zero-order valence-corrected chi connectivity index (χ0v) is 14.7. The van der Waals surface area contributed by atoms with Crippen LogP contribution < -0.4 is 0 Å². The van der Waals surface area contributed by atoms with E-state index in [4.69, 9.17) is 16.7 Å². The number of hydrogen-bond acceptors (Lipinski definition) is 5. The highest BCUT2D eigenvalue weighted by atomic mass is 35.5. The number of hydrogen-bond donors (Lipinski definition) is 2. The maximum atomic E-state index is 9.76. The molecule has 0 fully saturated rings. The van der Waals surface area contributed by atoms with Crippen molar-refractivity contribution in [2.24, 2.45) is 7.05 Å². The molecular weight excluding hydrogens is 342 g/mol. The molecule has 0 bridgehead atoms. The van der Waals surface area contributed by atoms with Crippen molar-refractivity contribution in [2.45, 2.75) is 25.7 Å². The van der Waals surface area contributed by atoms with Gasteiger partial charge in [-0.3, -0.25) is 14.3 Å². The summed E-state index contributed by atoms with van der Waals surface area (Å²) in [5, 5.41) is 29.6. The van der Waals surface area contributed by atoms with Crippen LogP contribution in [0.25, 0.3) is 10.9 Å². The highest BCUT2D eigenvalue weighted by Crippen LogP contribution is 2.28. The Morgan fingerprint density at radius 3 is 2.92 bits per heavy atom. The van der Waals surface area contributed by atoms with Gasteiger partial charge in [0.15, 0.2) is 0 Å². The molecule has 2 aromatic heterocycles. The number of nitrogens with zero attached hydrogens (tertiary/aromatic N) is 5. The minimum atomic E-state index is -0.926. The molecule has 1 atom stereocenters. The van der Waals surface area contributed by atoms with Crippen LogP contribution in [0.5, 0.6) is 0 Å². The van der Waals surface area contributed by atoms with E-state index in [9.17, 15) is 5.11 Å². The number of aliphatic hydroxyl groups excluding tert-OH is 2. The third-order valence-corrected chi connectivity index (χ3v) is 5.00. The van der Waals surface area contributed by atoms with E-state index in [-0.39, 0.29) is 6.61 Å². The van der Waals surface area contributed by atoms with Crippen LogP contribution in [0.1, 0.15) is 23.2 Å². The molecule has 4 rings (SSSR count). The zero-order valence-electron chi connectivity index (χ0n) is 13.9. The summed E-state index contributed by atoms with van der Waals surface area (Å²) >= 11 is 6.39. The first-order chi connectivity index (χ1) is 12.1. The van der Waals surface area contributed by atoms with Gasteiger partial charge in [-0.2, -0.15) is 10.2 Å². The summed E-state index contributed by atoms with van der Waals surface area (Å²) < 4.78 is 3.76. The molecular formula is C17H20ClN5O2. The monoisotopic (exact) mass is 361 g/mol. The van der Waals surface area contributed by atoms with Gasteiger partial charge in [-0.1, -0.05) is 17.7 Å². The quantitative estimate of drug-likeness (QED) is 0.735. The number of halogens is 1. The lowest BCUT2D eigenvalue weighted by atomic mass is 10.2. The van der Waals surface area contributed by atoms with Crippen molar-refractivity contribution < 1.29 is 10.2 Å². The zero-order chi connectivity index (χ0) is 17.6. The summed E-state index contributed by atoms with van der Waals surface area (Å²) in [4.78, 5) is 2.29. The molecule has 8 heteroatoms. The molecule has 0 saturated heterocycles. The van der Waals surface area contributed by atoms with Crippen LogP contribution in [-0.2, 0) is 26.7 Å². The number of fused-ring (bicyclic) bond motifs is 2. The number of benzene rings is 1. The van der Waals surface area contributed by atoms with Gasteiger partial charge in [0.2, 0.25) is 0 Å². The first kappa shape index (κ1) is 16.5. The van der Waals surface area contributed by atoms with E-state index in [1.54, 1.807) is 0 Å². The predicted octanol–water partition coefficient (Wildman–Crippen LogP) is 1.46. The highest BCUT2D eigenvalue weighted by Gasteiger charge is 2.22. The van der Waals surface area contributed by atoms with Crippen molar-refractivity contribution >= 4 is 22.5 Å². The molecule has 3 heterocycles. The maximum absolute atomic E-state index is 9.76. The van der Waals surface area contributed by atoms with Gasteiger partial charge >= 0.3 is 0 Å². The molecule has 0 radical (unpaired) electrons. The summed E-state index contributed by atoms with van der Waals surface area (Å²) in [5.74, 6) is 0. The third kappa shape index (κ3) is 2.93. The Hall–Kier alpha value is -1.93. The number of aromatic nitrogens is 4. The third-order valence-electron chi connectivity index (χ3n) is 4.68. The number of rotatable bonds is 4. The SMILES string of the molecule is Cn1nc(CN2CCn3nc([C@@H](O)CO)cc3C2)c2c(Cl)cccc21. The largest absolute Gasteiger partial charge is 0.393 e. The van der Waals surface area contributed by atoms with Crippen LogP contribution in [0.15, 0.2) is 24.3 Å². The maximum Gasteiger partial charge on any atom is 0.121 e. The van der Waals surface area contributed by atoms with Crippen LogP contribution in [0.3, 0.4) is 0 Å². The molecule has 25 heavy (non-hydrogen) atoms. The van der Waals surface area contributed by atoms with E-state index >= 15 is 0 Å². The fourth-order valence-corrected chi connectivity index (χ4v) is 3.69. The molecule has 3 aromatic rings. The van der Waals surface area contributed by atoms with Crippen molar-refractivity contribution in [3.05, 3.63) is 46.4 Å². The Morgan fingerprint density at radius 2 is 2.12 bits per heavy atom. The Bertz CT molecular complexity index is 919. The Balaban J connectivity index is 1.58. The lowest BCUT2D eigenvalue weighted by Gasteiger charge is -2.26. The molecule has 1 aromatic carbocycles. The second-order valence-corrected chi connectivity index (χ2v) is 6.80. The van der Waals surface area contributed by atoms with Crippen LogP contribution in [0, 0.1) is 0 Å². The van der Waals surface area contributed by atoms with Crippen LogP contribution in [0.4, 0.5) is 0 Å². The molecule has 0 spiro atoms. The second-order valence-electron chi connectivity index (χ2n) is 6.40. The minimum Gasteiger partial charge on any atom is -0.393 e. The van der Waals surface area contributed by atoms with E-state index in [2.05, 4.69) is 15.1 Å². The average molecular weight is 362 g/mol. The first-order valence-corrected chi connectivity index (χ1v) is 8.62. The van der Waals surface area contributed by atoms with E-state index in [1.165, 1.54) is 0 Å². The molecule has 7 nitrogen and oxygen atoms in total. The minimum absolute atomic E-state index is 0.321. The van der Waals surface area contributed by atoms with Gasteiger partial charge < -0.3 is 10.2 Å². The van der Waals surface area contributed by atoms with E-state index in [0.717, 1.165) is 40.4 Å². The number of aryl methyl sites for hydroxylation is 1. The van der Waals surface area contributed by atoms with Gasteiger partial charge in [-0.25, -0.2) is 0 Å². The number of aliphatic hydroxyl groups is 2. The van der Waals surface area contributed by atoms with Crippen molar-refractivity contribution in [3.8, 4) is 0 Å². The summed E-state index contributed by atoms with van der Waals surface area (Å²) in [6, 6.07) is 7.70. The molecule has 0 saturated carbocycles. The van der Waals surface area contributed by atoms with Gasteiger partial charge in [0.1, 0.15) is 6.10 Å². The molecule has 0 amide bonds. The van der Waals surface area contributed by atoms with Crippen molar-refractivity contribution in [3.63, 3.8) is 0 Å². The summed E-state index contributed by atoms with van der Waals surface area (Å²) in [7, 11) is 1.93. The Kier molecular flexibility index (Phi) is 4.24. The smallest absolute Gasteiger partial charge is 0.121 e. The predicted molar refractivity (Wildman–Crippen MR) is 94.1 cm³/mol. The van der Waals surface area contributed by atoms with Crippen molar-refractivity contribution in [1.82, 2.24) is 24.5 Å². The van der Waals surface area contributed by atoms with Crippen molar-refractivity contribution in [2.75, 3.05) is 13.2 Å². The van der Waals surface area contributed by atoms with E-state index in [1.807, 2.05) is 40.7 Å². The van der Waals surface area contributed by atoms with Crippen LogP contribution in [0.2, 0.25) is 5.02 Å². The van der Waals surface area contributed by atoms with Gasteiger partial charge in [-0.05, 0) is 18.2 Å². The van der Waals surface area contributed by atoms with Crippen LogP contribution >= 0.6 is 11.6 Å². The van der Waals surface area contributed by atoms with Gasteiger partial charge in [0.05, 0.1) is 40.8 Å². The molecule has 132 valence electrons. The standard InChI is InChI=1S/C17H20ClN5O2/c1-21-15-4-2-3-12(18)17(15)14(19-21)9-22-5-6-23-11(8-22)7-13(20-23)16(25)10-24/h2-4,7,16,24-25H,5-6,8-10H2,1H3/t16-/m0/s1. The topological polar surface area (TPSA) is 79.3 Å². The van der Waals surface area contributed by atoms with Crippen molar-refractivity contribution in [1.29, 1.82) is 0 Å². The summed E-state index contributed by atoms with van der Waals surface area (Å²) in [5.41, 5.74) is 3.54. The van der Waals surface area contributed by atoms with E-state index in [0.29, 0.717) is 18.8 Å². The molecule has 2 N–H and O–H groups in total. The average Bonchev–Trinajstić information content (AvgIpc) is 3.16. The molecule has 0 unspecified atom stereocenters. The normalized spacial score (nSPS) is 16.3. The summed E-state index contributed by atoms with van der Waals surface area (Å²) in [6.45, 7) is 2.67. The lowest BCUT2D eigenvalue weighted by molar-refractivity contribution is 0.0915. The van der Waals surface area contributed by atoms with Gasteiger partial charge in [0.25, 0.3) is 0 Å². The van der Waals surface area contributed by atoms with Gasteiger partial charge in [-0.15, -0.1) is 0 Å². The molecule has 1 aliphatic rings. The van der Waals surface area contributed by atoms with E-state index < -0.39 is 6.10 Å². The first-order valence-electron chi connectivity index (χ1n) is 8.25. The fourth-order valence-electron chi connectivity index (χ4n) is 3.41. The fraction of sp³-hybridized carbons (Fsp3) is 0.412. The second kappa shape index (κ2) is 6.42.